The Bertz CT molecular complexity index is 794. The number of ether oxygens (including phenoxy) is 2. The van der Waals surface area contributed by atoms with Crippen LogP contribution in [-0.2, 0) is 16.1 Å². The second-order valence-corrected chi connectivity index (χ2v) is 5.86. The number of guanidine groups is 1. The summed E-state index contributed by atoms with van der Waals surface area (Å²) in [6.45, 7) is -0.890. The van der Waals surface area contributed by atoms with Crippen LogP contribution in [0.1, 0.15) is 12.2 Å². The van der Waals surface area contributed by atoms with Crippen LogP contribution in [0, 0.1) is 10.1 Å². The molecule has 0 spiro atoms. The van der Waals surface area contributed by atoms with Crippen LogP contribution >= 0.6 is 0 Å². The number of hydrogen-bond donors (Lipinski definition) is 4. The van der Waals surface area contributed by atoms with Crippen LogP contribution in [0.2, 0.25) is 0 Å². The third-order valence-electron chi connectivity index (χ3n) is 3.99. The molecule has 1 aromatic heterocycles. The van der Waals surface area contributed by atoms with Gasteiger partial charge in [0.15, 0.2) is 6.61 Å². The Morgan fingerprint density at radius 2 is 2.32 bits per heavy atom. The minimum absolute atomic E-state index is 0.0676. The Hall–Kier alpha value is -3.23. The first kappa shape index (κ1) is 19.5. The highest BCUT2D eigenvalue weighted by Crippen LogP contribution is 2.24. The van der Waals surface area contributed by atoms with E-state index in [1.54, 1.807) is 0 Å². The van der Waals surface area contributed by atoms with Gasteiger partial charge in [-0.3, -0.25) is 25.6 Å². The summed E-state index contributed by atoms with van der Waals surface area (Å²) in [5, 5.41) is 33.9. The maximum Gasteiger partial charge on any atom is 0.433 e. The van der Waals surface area contributed by atoms with Gasteiger partial charge in [-0.2, -0.15) is 0 Å². The number of nitrogens with one attached hydrogen (secondary N) is 2. The smallest absolute Gasteiger partial charge is 0.433 e. The fourth-order valence-electron chi connectivity index (χ4n) is 2.60. The monoisotopic (exact) mass is 399 g/mol. The minimum Gasteiger partial charge on any atom is -0.441 e. The number of hydrogen-bond acceptors (Lipinski definition) is 10. The van der Waals surface area contributed by atoms with Crippen LogP contribution in [0.4, 0.5) is 15.5 Å². The Balaban J connectivity index is 1.48. The van der Waals surface area contributed by atoms with Crippen molar-refractivity contribution in [3.63, 3.8) is 0 Å². The van der Waals surface area contributed by atoms with Crippen molar-refractivity contribution >= 4 is 24.0 Å². The van der Waals surface area contributed by atoms with Gasteiger partial charge in [-0.1, -0.05) is 0 Å². The number of carbonyl (C=O) groups is 2. The van der Waals surface area contributed by atoms with E-state index in [4.69, 9.17) is 19.0 Å². The summed E-state index contributed by atoms with van der Waals surface area (Å²) in [7, 11) is 0. The molecule has 3 rings (SSSR count). The fourth-order valence-corrected chi connectivity index (χ4v) is 2.60. The molecule has 1 aromatic rings. The number of carbonyl (C=O) groups excluding carboxylic acids is 2. The zero-order valence-corrected chi connectivity index (χ0v) is 14.3. The Morgan fingerprint density at radius 1 is 1.54 bits per heavy atom. The van der Waals surface area contributed by atoms with Crippen LogP contribution < -0.4 is 10.6 Å². The molecule has 3 atom stereocenters. The van der Waals surface area contributed by atoms with Crippen molar-refractivity contribution in [1.82, 2.24) is 15.5 Å². The highest BCUT2D eigenvalue weighted by molar-refractivity contribution is 6.03. The molecule has 0 bridgehead atoms. The average Bonchev–Trinajstić information content (AvgIpc) is 3.26. The van der Waals surface area contributed by atoms with E-state index in [9.17, 15) is 24.8 Å². The molecule has 0 radical (unpaired) electrons. The lowest BCUT2D eigenvalue weighted by atomic mass is 10.2. The second kappa shape index (κ2) is 8.20. The molecule has 3 heterocycles. The average molecular weight is 399 g/mol. The minimum atomic E-state index is -0.959. The number of nitrogens with zero attached hydrogens (tertiary/aromatic N) is 3. The summed E-state index contributed by atoms with van der Waals surface area (Å²) < 4.78 is 15.0. The van der Waals surface area contributed by atoms with Crippen molar-refractivity contribution < 1.29 is 38.6 Å². The lowest BCUT2D eigenvalue weighted by Gasteiger charge is -2.30. The highest BCUT2D eigenvalue weighted by Gasteiger charge is 2.39. The second-order valence-electron chi connectivity index (χ2n) is 5.86. The summed E-state index contributed by atoms with van der Waals surface area (Å²) >= 11 is 0. The van der Waals surface area contributed by atoms with E-state index in [2.05, 4.69) is 15.6 Å². The number of aliphatic hydroxyl groups excluding tert-OH is 2. The van der Waals surface area contributed by atoms with Crippen molar-refractivity contribution in [3.8, 4) is 0 Å². The number of rotatable bonds is 5. The van der Waals surface area contributed by atoms with Gasteiger partial charge in [0.2, 0.25) is 5.96 Å². The Labute approximate surface area is 156 Å². The van der Waals surface area contributed by atoms with E-state index < -0.39 is 41.4 Å². The normalized spacial score (nSPS) is 24.5. The van der Waals surface area contributed by atoms with E-state index in [1.807, 2.05) is 0 Å². The molecule has 0 aromatic carbocycles. The van der Waals surface area contributed by atoms with Gasteiger partial charge < -0.3 is 24.1 Å². The maximum absolute atomic E-state index is 12.2. The quantitative estimate of drug-likeness (QED) is 0.363. The van der Waals surface area contributed by atoms with Gasteiger partial charge in [0, 0.05) is 6.42 Å². The summed E-state index contributed by atoms with van der Waals surface area (Å²) in [5.74, 6) is -0.572. The zero-order valence-electron chi connectivity index (χ0n) is 14.3. The van der Waals surface area contributed by atoms with Crippen LogP contribution in [0.5, 0.6) is 0 Å². The molecule has 1 fully saturated rings. The molecule has 2 aliphatic heterocycles. The van der Waals surface area contributed by atoms with Crippen molar-refractivity contribution in [1.29, 1.82) is 0 Å². The fraction of sp³-hybridized carbons (Fsp3) is 0.500. The molecule has 4 N–H and O–H groups in total. The van der Waals surface area contributed by atoms with E-state index in [0.29, 0.717) is 0 Å². The molecule has 3 amide bonds. The van der Waals surface area contributed by atoms with Gasteiger partial charge in [-0.25, -0.2) is 14.6 Å². The molecule has 14 heteroatoms. The van der Waals surface area contributed by atoms with Crippen LogP contribution in [0.25, 0.3) is 0 Å². The first-order valence-electron chi connectivity index (χ1n) is 8.10. The number of urea groups is 1. The molecule has 152 valence electrons. The number of aliphatic imine (C=N–C) groups is 1. The largest absolute Gasteiger partial charge is 0.441 e. The van der Waals surface area contributed by atoms with Crippen LogP contribution in [0.3, 0.4) is 0 Å². The van der Waals surface area contributed by atoms with E-state index >= 15 is 0 Å². The summed E-state index contributed by atoms with van der Waals surface area (Å²) in [6, 6.07) is 1.79. The van der Waals surface area contributed by atoms with E-state index in [0.717, 1.165) is 6.07 Å². The number of amides is 3. The van der Waals surface area contributed by atoms with Gasteiger partial charge in [-0.15, -0.1) is 0 Å². The lowest BCUT2D eigenvalue weighted by Crippen LogP contribution is -2.56. The number of nitro groups is 1. The predicted octanol–water partition coefficient (Wildman–Crippen LogP) is -0.779. The van der Waals surface area contributed by atoms with Gasteiger partial charge in [0.05, 0.1) is 18.8 Å². The maximum atomic E-state index is 12.2. The van der Waals surface area contributed by atoms with Crippen molar-refractivity contribution in [3.05, 3.63) is 28.0 Å². The van der Waals surface area contributed by atoms with Crippen LogP contribution in [0.15, 0.2) is 21.5 Å². The van der Waals surface area contributed by atoms with Crippen LogP contribution in [-0.4, -0.2) is 69.8 Å². The number of furan rings is 1. The molecule has 3 unspecified atom stereocenters. The lowest BCUT2D eigenvalue weighted by molar-refractivity contribution is -0.402. The van der Waals surface area contributed by atoms with Gasteiger partial charge in [0.1, 0.15) is 29.7 Å². The molecule has 2 aliphatic rings. The zero-order chi connectivity index (χ0) is 20.3. The summed E-state index contributed by atoms with van der Waals surface area (Å²) in [4.78, 5) is 38.9. The third-order valence-corrected chi connectivity index (χ3v) is 3.99. The Kier molecular flexibility index (Phi) is 5.72. The molecule has 0 saturated carbocycles. The van der Waals surface area contributed by atoms with E-state index in [-0.39, 0.29) is 38.0 Å². The van der Waals surface area contributed by atoms with Crippen molar-refractivity contribution in [2.75, 3.05) is 13.3 Å². The molecule has 1 saturated heterocycles. The predicted molar refractivity (Wildman–Crippen MR) is 87.7 cm³/mol. The van der Waals surface area contributed by atoms with Crippen molar-refractivity contribution in [2.45, 2.75) is 31.5 Å². The number of alkyl carbamates (subject to hydrolysis) is 1. The van der Waals surface area contributed by atoms with Crippen molar-refractivity contribution in [2.24, 2.45) is 4.99 Å². The molecule has 0 aliphatic carbocycles. The molecular formula is C14H17N5O9. The van der Waals surface area contributed by atoms with Gasteiger partial charge in [-0.05, 0) is 6.07 Å². The first-order chi connectivity index (χ1) is 13.4. The molecule has 14 nitrogen and oxygen atoms in total. The standard InChI is InChI=1S/C14H17N5O9/c20-4-9-8(21)3-11(28-9)18-6-15-12(16-13(18)22)17-14(23)26-5-7-1-2-10(27-7)19(24)25/h1-2,8-9,11,20-21H,3-6H2,(H2,15,16,17,22,23). The first-order valence-corrected chi connectivity index (χ1v) is 8.10. The SMILES string of the molecule is O=C(NC1=NCN(C2CC(O)C(CO)O2)C(=O)N1)OCc1ccc([N+](=O)[O-])o1. The Morgan fingerprint density at radius 3 is 2.93 bits per heavy atom. The highest BCUT2D eigenvalue weighted by atomic mass is 16.7. The van der Waals surface area contributed by atoms with Gasteiger partial charge in [0.25, 0.3) is 0 Å². The van der Waals surface area contributed by atoms with E-state index in [1.165, 1.54) is 11.0 Å². The van der Waals surface area contributed by atoms with Gasteiger partial charge >= 0.3 is 18.0 Å². The molecular weight excluding hydrogens is 382 g/mol. The number of aliphatic hydroxyl groups is 2. The summed E-state index contributed by atoms with van der Waals surface area (Å²) in [5.41, 5.74) is 0. The topological polar surface area (TPSA) is 189 Å². The molecule has 28 heavy (non-hydrogen) atoms. The third kappa shape index (κ3) is 4.36. The summed E-state index contributed by atoms with van der Waals surface area (Å²) in [6.07, 6.45) is -3.29.